The van der Waals surface area contributed by atoms with Crippen LogP contribution in [0.2, 0.25) is 0 Å². The summed E-state index contributed by atoms with van der Waals surface area (Å²) in [6, 6.07) is 15.2. The lowest BCUT2D eigenvalue weighted by molar-refractivity contribution is 0.101. The topological polar surface area (TPSA) is 99.7 Å². The number of carbonyl (C=O) groups excluding carboxylic acids is 2. The summed E-state index contributed by atoms with van der Waals surface area (Å²) in [4.78, 5) is 32.1. The zero-order valence-corrected chi connectivity index (χ0v) is 19.9. The average Bonchev–Trinajstić information content (AvgIpc) is 3.24. The lowest BCUT2D eigenvalue weighted by atomic mass is 10.1. The standard InChI is InChI=1S/C23H24N4O4S2/c1-16(28)21-20(17-7-4-3-5-8-17)24-23(32-21)25-22(29)18-9-6-10-19(15-18)33(30,31)27-13-11-26(2)12-14-27/h3-10,15H,11-14H2,1-2H3,(H,24,25,29). The molecule has 3 aromatic rings. The summed E-state index contributed by atoms with van der Waals surface area (Å²) in [5.41, 5.74) is 1.49. The van der Waals surface area contributed by atoms with E-state index in [4.69, 9.17) is 0 Å². The van der Waals surface area contributed by atoms with E-state index in [0.717, 1.165) is 16.9 Å². The Kier molecular flexibility index (Phi) is 6.71. The van der Waals surface area contributed by atoms with Crippen molar-refractivity contribution < 1.29 is 18.0 Å². The van der Waals surface area contributed by atoms with Crippen molar-refractivity contribution in [1.82, 2.24) is 14.2 Å². The van der Waals surface area contributed by atoms with Gasteiger partial charge in [-0.1, -0.05) is 47.7 Å². The van der Waals surface area contributed by atoms with Crippen molar-refractivity contribution in [2.24, 2.45) is 0 Å². The summed E-state index contributed by atoms with van der Waals surface area (Å²) in [6.45, 7) is 3.59. The lowest BCUT2D eigenvalue weighted by Gasteiger charge is -2.31. The van der Waals surface area contributed by atoms with E-state index in [1.165, 1.54) is 23.4 Å². The molecular weight excluding hydrogens is 460 g/mol. The summed E-state index contributed by atoms with van der Waals surface area (Å²) < 4.78 is 27.5. The molecule has 10 heteroatoms. The van der Waals surface area contributed by atoms with Crippen molar-refractivity contribution in [3.8, 4) is 11.3 Å². The third-order valence-corrected chi connectivity index (χ3v) is 8.38. The Bertz CT molecular complexity index is 1280. The fraction of sp³-hybridized carbons (Fsp3) is 0.261. The normalized spacial score (nSPS) is 15.3. The molecule has 1 aromatic heterocycles. The Hall–Kier alpha value is -2.92. The maximum Gasteiger partial charge on any atom is 0.257 e. The Morgan fingerprint density at radius 3 is 2.36 bits per heavy atom. The molecule has 1 amide bonds. The van der Waals surface area contributed by atoms with Crippen LogP contribution in [-0.2, 0) is 10.0 Å². The van der Waals surface area contributed by atoms with Gasteiger partial charge in [-0.2, -0.15) is 4.31 Å². The number of aromatic nitrogens is 1. The zero-order valence-electron chi connectivity index (χ0n) is 18.3. The fourth-order valence-electron chi connectivity index (χ4n) is 3.55. The van der Waals surface area contributed by atoms with Crippen molar-refractivity contribution >= 4 is 38.2 Å². The molecular formula is C23H24N4O4S2. The highest BCUT2D eigenvalue weighted by Crippen LogP contribution is 2.32. The molecule has 1 aliphatic rings. The molecule has 8 nitrogen and oxygen atoms in total. The van der Waals surface area contributed by atoms with Gasteiger partial charge in [-0.3, -0.25) is 14.9 Å². The second-order valence-electron chi connectivity index (χ2n) is 7.81. The molecule has 0 radical (unpaired) electrons. The number of nitrogens with zero attached hydrogens (tertiary/aromatic N) is 3. The fourth-order valence-corrected chi connectivity index (χ4v) is 5.89. The quantitative estimate of drug-likeness (QED) is 0.540. The average molecular weight is 485 g/mol. The van der Waals surface area contributed by atoms with Gasteiger partial charge in [0.25, 0.3) is 5.91 Å². The third-order valence-electron chi connectivity index (χ3n) is 5.41. The van der Waals surface area contributed by atoms with Gasteiger partial charge in [-0.15, -0.1) is 0 Å². The number of ketones is 1. The van der Waals surface area contributed by atoms with Crippen molar-refractivity contribution in [2.45, 2.75) is 11.8 Å². The number of amides is 1. The van der Waals surface area contributed by atoms with Gasteiger partial charge in [0.15, 0.2) is 10.9 Å². The maximum atomic E-state index is 13.0. The Labute approximate surface area is 196 Å². The summed E-state index contributed by atoms with van der Waals surface area (Å²) in [7, 11) is -1.74. The maximum absolute atomic E-state index is 13.0. The van der Waals surface area contributed by atoms with E-state index >= 15 is 0 Å². The van der Waals surface area contributed by atoms with Crippen LogP contribution in [0.3, 0.4) is 0 Å². The molecule has 0 aliphatic carbocycles. The number of benzene rings is 2. The van der Waals surface area contributed by atoms with Crippen LogP contribution in [-0.4, -0.2) is 67.5 Å². The molecule has 0 bridgehead atoms. The van der Waals surface area contributed by atoms with E-state index in [2.05, 4.69) is 15.2 Å². The molecule has 0 spiro atoms. The zero-order chi connectivity index (χ0) is 23.6. The van der Waals surface area contributed by atoms with E-state index in [-0.39, 0.29) is 21.4 Å². The number of thiazole rings is 1. The van der Waals surface area contributed by atoms with Crippen LogP contribution in [0.25, 0.3) is 11.3 Å². The molecule has 33 heavy (non-hydrogen) atoms. The van der Waals surface area contributed by atoms with Crippen LogP contribution in [0.4, 0.5) is 5.13 Å². The molecule has 2 aromatic carbocycles. The lowest BCUT2D eigenvalue weighted by Crippen LogP contribution is -2.47. The minimum absolute atomic E-state index is 0.0771. The minimum Gasteiger partial charge on any atom is -0.304 e. The molecule has 1 saturated heterocycles. The van der Waals surface area contributed by atoms with Gasteiger partial charge in [-0.05, 0) is 25.2 Å². The van der Waals surface area contributed by atoms with Crippen LogP contribution in [0, 0.1) is 0 Å². The minimum atomic E-state index is -3.70. The number of Topliss-reactive ketones (excluding diaryl/α,β-unsaturated/α-hetero) is 1. The first-order valence-electron chi connectivity index (χ1n) is 10.4. The number of piperazine rings is 1. The Morgan fingerprint density at radius 1 is 1.00 bits per heavy atom. The second kappa shape index (κ2) is 9.52. The molecule has 0 atom stereocenters. The van der Waals surface area contributed by atoms with E-state index in [0.29, 0.717) is 36.8 Å². The first-order valence-corrected chi connectivity index (χ1v) is 12.7. The SMILES string of the molecule is CC(=O)c1sc(NC(=O)c2cccc(S(=O)(=O)N3CCN(C)CC3)c2)nc1-c1ccccc1. The molecule has 0 unspecified atom stereocenters. The number of hydrogen-bond donors (Lipinski definition) is 1. The van der Waals surface area contributed by atoms with Crippen LogP contribution in [0.1, 0.15) is 27.0 Å². The van der Waals surface area contributed by atoms with Crippen molar-refractivity contribution in [3.63, 3.8) is 0 Å². The van der Waals surface area contributed by atoms with Crippen molar-refractivity contribution in [2.75, 3.05) is 38.5 Å². The van der Waals surface area contributed by atoms with E-state index in [1.807, 2.05) is 37.4 Å². The predicted octanol–water partition coefficient (Wildman–Crippen LogP) is 3.20. The highest BCUT2D eigenvalue weighted by Gasteiger charge is 2.28. The number of hydrogen-bond acceptors (Lipinski definition) is 7. The summed E-state index contributed by atoms with van der Waals surface area (Å²) in [5, 5.41) is 2.98. The molecule has 1 N–H and O–H groups in total. The van der Waals surface area contributed by atoms with Gasteiger partial charge in [0.1, 0.15) is 0 Å². The number of likely N-dealkylation sites (N-methyl/N-ethyl adjacent to an activating group) is 1. The van der Waals surface area contributed by atoms with Crippen LogP contribution in [0.15, 0.2) is 59.5 Å². The first kappa shape index (κ1) is 23.2. The largest absolute Gasteiger partial charge is 0.304 e. The predicted molar refractivity (Wildman–Crippen MR) is 128 cm³/mol. The Balaban J connectivity index is 1.57. The van der Waals surface area contributed by atoms with Gasteiger partial charge in [0.05, 0.1) is 15.5 Å². The molecule has 0 saturated carbocycles. The highest BCUT2D eigenvalue weighted by atomic mass is 32.2. The molecule has 172 valence electrons. The van der Waals surface area contributed by atoms with E-state index in [1.54, 1.807) is 12.1 Å². The van der Waals surface area contributed by atoms with Gasteiger partial charge in [-0.25, -0.2) is 13.4 Å². The number of sulfonamides is 1. The number of carbonyl (C=O) groups is 2. The van der Waals surface area contributed by atoms with Gasteiger partial charge in [0, 0.05) is 44.2 Å². The van der Waals surface area contributed by atoms with Gasteiger partial charge >= 0.3 is 0 Å². The highest BCUT2D eigenvalue weighted by molar-refractivity contribution is 7.89. The van der Waals surface area contributed by atoms with Gasteiger partial charge < -0.3 is 4.90 Å². The second-order valence-corrected chi connectivity index (χ2v) is 10.7. The first-order chi connectivity index (χ1) is 15.8. The monoisotopic (exact) mass is 484 g/mol. The molecule has 1 fully saturated rings. The summed E-state index contributed by atoms with van der Waals surface area (Å²) >= 11 is 1.09. The van der Waals surface area contributed by atoms with Crippen molar-refractivity contribution in [1.29, 1.82) is 0 Å². The Morgan fingerprint density at radius 2 is 1.70 bits per heavy atom. The number of rotatable bonds is 6. The van der Waals surface area contributed by atoms with Crippen LogP contribution >= 0.6 is 11.3 Å². The van der Waals surface area contributed by atoms with E-state index < -0.39 is 15.9 Å². The van der Waals surface area contributed by atoms with Crippen LogP contribution < -0.4 is 5.32 Å². The number of anilines is 1. The van der Waals surface area contributed by atoms with Crippen LogP contribution in [0.5, 0.6) is 0 Å². The summed E-state index contributed by atoms with van der Waals surface area (Å²) in [6.07, 6.45) is 0. The number of nitrogens with one attached hydrogen (secondary N) is 1. The van der Waals surface area contributed by atoms with E-state index in [9.17, 15) is 18.0 Å². The molecule has 2 heterocycles. The summed E-state index contributed by atoms with van der Waals surface area (Å²) in [5.74, 6) is -0.638. The van der Waals surface area contributed by atoms with Gasteiger partial charge in [0.2, 0.25) is 10.0 Å². The molecule has 4 rings (SSSR count). The van der Waals surface area contributed by atoms with Crippen molar-refractivity contribution in [3.05, 3.63) is 65.0 Å². The third kappa shape index (κ3) is 5.03. The molecule has 1 aliphatic heterocycles. The smallest absolute Gasteiger partial charge is 0.257 e.